The van der Waals surface area contributed by atoms with Crippen LogP contribution in [0.2, 0.25) is 0 Å². The van der Waals surface area contributed by atoms with Gasteiger partial charge in [-0.05, 0) is 19.9 Å². The number of ether oxygens (including phenoxy) is 1. The van der Waals surface area contributed by atoms with Crippen LogP contribution in [0.25, 0.3) is 0 Å². The lowest BCUT2D eigenvalue weighted by Gasteiger charge is -2.16. The second kappa shape index (κ2) is 6.14. The smallest absolute Gasteiger partial charge is 0.325 e. The van der Waals surface area contributed by atoms with Crippen LogP contribution in [0.5, 0.6) is 5.75 Å². The van der Waals surface area contributed by atoms with Gasteiger partial charge in [0.05, 0.1) is 17.7 Å². The van der Waals surface area contributed by atoms with Gasteiger partial charge in [-0.15, -0.1) is 0 Å². The van der Waals surface area contributed by atoms with Crippen molar-refractivity contribution >= 4 is 29.2 Å². The number of hydrogen-bond donors (Lipinski definition) is 2. The SMILES string of the molecule is COc1ccc([N+](=O)[O-])cc1NC(=O)CN1C(=O)NC(C)(C)C1=O. The Balaban J connectivity index is 2.15. The average Bonchev–Trinajstić information content (AvgIpc) is 2.69. The van der Waals surface area contributed by atoms with Crippen molar-refractivity contribution in [3.63, 3.8) is 0 Å². The number of hydrogen-bond acceptors (Lipinski definition) is 6. The highest BCUT2D eigenvalue weighted by molar-refractivity contribution is 6.09. The minimum absolute atomic E-state index is 0.0722. The number of carbonyl (C=O) groups is 3. The van der Waals surface area contributed by atoms with Gasteiger partial charge in [0.1, 0.15) is 17.8 Å². The third kappa shape index (κ3) is 3.26. The third-order valence-corrected chi connectivity index (χ3v) is 3.41. The number of carbonyl (C=O) groups excluding carboxylic acids is 3. The van der Waals surface area contributed by atoms with Crippen molar-refractivity contribution in [2.24, 2.45) is 0 Å². The van der Waals surface area contributed by atoms with Gasteiger partial charge in [0, 0.05) is 12.1 Å². The van der Waals surface area contributed by atoms with E-state index >= 15 is 0 Å². The summed E-state index contributed by atoms with van der Waals surface area (Å²) in [4.78, 5) is 46.9. The van der Waals surface area contributed by atoms with Crippen molar-refractivity contribution in [3.05, 3.63) is 28.3 Å². The first-order valence-corrected chi connectivity index (χ1v) is 6.92. The molecule has 1 saturated heterocycles. The summed E-state index contributed by atoms with van der Waals surface area (Å²) in [5, 5.41) is 15.7. The van der Waals surface area contributed by atoms with Gasteiger partial charge >= 0.3 is 6.03 Å². The zero-order valence-electron chi connectivity index (χ0n) is 13.3. The Bertz CT molecular complexity index is 730. The number of anilines is 1. The number of imide groups is 1. The molecule has 0 aliphatic carbocycles. The van der Waals surface area contributed by atoms with Gasteiger partial charge in [-0.1, -0.05) is 0 Å². The van der Waals surface area contributed by atoms with Crippen LogP contribution in [0.1, 0.15) is 13.8 Å². The number of rotatable bonds is 5. The Morgan fingerprint density at radius 1 is 1.42 bits per heavy atom. The van der Waals surface area contributed by atoms with Gasteiger partial charge in [0.15, 0.2) is 0 Å². The lowest BCUT2D eigenvalue weighted by Crippen LogP contribution is -2.41. The van der Waals surface area contributed by atoms with Crippen molar-refractivity contribution in [1.29, 1.82) is 0 Å². The monoisotopic (exact) mass is 336 g/mol. The molecule has 0 bridgehead atoms. The quantitative estimate of drug-likeness (QED) is 0.466. The molecular weight excluding hydrogens is 320 g/mol. The summed E-state index contributed by atoms with van der Waals surface area (Å²) >= 11 is 0. The molecule has 1 heterocycles. The van der Waals surface area contributed by atoms with E-state index in [1.165, 1.54) is 33.1 Å². The first kappa shape index (κ1) is 17.2. The van der Waals surface area contributed by atoms with Crippen LogP contribution in [-0.2, 0) is 9.59 Å². The summed E-state index contributed by atoms with van der Waals surface area (Å²) in [6.07, 6.45) is 0. The molecule has 1 fully saturated rings. The Morgan fingerprint density at radius 3 is 2.58 bits per heavy atom. The standard InChI is InChI=1S/C14H16N4O6/c1-14(2)12(20)17(13(21)16-14)7-11(19)15-9-6-8(18(22)23)4-5-10(9)24-3/h4-6H,7H2,1-3H3,(H,15,19)(H,16,21). The van der Waals surface area contributed by atoms with E-state index in [2.05, 4.69) is 10.6 Å². The van der Waals surface area contributed by atoms with Crippen molar-refractivity contribution < 1.29 is 24.0 Å². The molecule has 2 N–H and O–H groups in total. The number of nitro groups is 1. The summed E-state index contributed by atoms with van der Waals surface area (Å²) in [5.74, 6) is -1.00. The highest BCUT2D eigenvalue weighted by Gasteiger charge is 2.44. The van der Waals surface area contributed by atoms with Crippen molar-refractivity contribution in [2.75, 3.05) is 19.0 Å². The maximum absolute atomic E-state index is 12.1. The lowest BCUT2D eigenvalue weighted by atomic mass is 10.1. The molecule has 0 saturated carbocycles. The molecule has 24 heavy (non-hydrogen) atoms. The van der Waals surface area contributed by atoms with Crippen LogP contribution in [0, 0.1) is 10.1 Å². The van der Waals surface area contributed by atoms with Gasteiger partial charge in [-0.2, -0.15) is 0 Å². The van der Waals surface area contributed by atoms with Gasteiger partial charge in [-0.3, -0.25) is 24.6 Å². The van der Waals surface area contributed by atoms with Gasteiger partial charge in [-0.25, -0.2) is 4.79 Å². The number of urea groups is 1. The first-order valence-electron chi connectivity index (χ1n) is 6.92. The van der Waals surface area contributed by atoms with Crippen molar-refractivity contribution in [3.8, 4) is 5.75 Å². The van der Waals surface area contributed by atoms with Crippen molar-refractivity contribution in [2.45, 2.75) is 19.4 Å². The molecule has 0 aromatic heterocycles. The third-order valence-electron chi connectivity index (χ3n) is 3.41. The fourth-order valence-electron chi connectivity index (χ4n) is 2.20. The summed E-state index contributed by atoms with van der Waals surface area (Å²) in [5.41, 5.74) is -1.24. The molecule has 1 aliphatic rings. The molecule has 0 radical (unpaired) electrons. The predicted molar refractivity (Wildman–Crippen MR) is 82.6 cm³/mol. The van der Waals surface area contributed by atoms with Crippen LogP contribution >= 0.6 is 0 Å². The molecule has 1 aliphatic heterocycles. The lowest BCUT2D eigenvalue weighted by molar-refractivity contribution is -0.384. The molecule has 2 rings (SSSR count). The average molecular weight is 336 g/mol. The molecule has 1 aromatic carbocycles. The van der Waals surface area contributed by atoms with Gasteiger partial charge in [0.2, 0.25) is 5.91 Å². The van der Waals surface area contributed by atoms with Gasteiger partial charge in [0.25, 0.3) is 11.6 Å². The fraction of sp³-hybridized carbons (Fsp3) is 0.357. The molecular formula is C14H16N4O6. The molecule has 10 nitrogen and oxygen atoms in total. The summed E-state index contributed by atoms with van der Waals surface area (Å²) in [6, 6.07) is 3.03. The maximum Gasteiger partial charge on any atom is 0.325 e. The number of nitrogens with one attached hydrogen (secondary N) is 2. The number of nitro benzene ring substituents is 1. The summed E-state index contributed by atoms with van der Waals surface area (Å²) in [6.45, 7) is 2.53. The Labute approximate surface area is 136 Å². The second-order valence-corrected chi connectivity index (χ2v) is 5.64. The van der Waals surface area contributed by atoms with E-state index < -0.39 is 34.9 Å². The predicted octanol–water partition coefficient (Wildman–Crippen LogP) is 0.872. The minimum atomic E-state index is -1.08. The molecule has 1 aromatic rings. The number of amides is 4. The van der Waals surface area contributed by atoms with Crippen molar-refractivity contribution in [1.82, 2.24) is 10.2 Å². The Kier molecular flexibility index (Phi) is 4.40. The van der Waals surface area contributed by atoms with Crippen LogP contribution in [0.3, 0.4) is 0 Å². The molecule has 4 amide bonds. The molecule has 0 atom stereocenters. The minimum Gasteiger partial charge on any atom is -0.495 e. The van der Waals surface area contributed by atoms with Crippen LogP contribution in [0.15, 0.2) is 18.2 Å². The molecule has 0 unspecified atom stereocenters. The van der Waals surface area contributed by atoms with E-state index in [9.17, 15) is 24.5 Å². The highest BCUT2D eigenvalue weighted by atomic mass is 16.6. The zero-order chi connectivity index (χ0) is 18.1. The molecule has 0 spiro atoms. The normalized spacial score (nSPS) is 15.9. The number of non-ortho nitro benzene ring substituents is 1. The van der Waals surface area contributed by atoms with E-state index in [0.717, 1.165) is 11.0 Å². The first-order chi connectivity index (χ1) is 11.2. The molecule has 128 valence electrons. The largest absolute Gasteiger partial charge is 0.495 e. The Morgan fingerprint density at radius 2 is 2.08 bits per heavy atom. The zero-order valence-corrected chi connectivity index (χ0v) is 13.3. The number of benzene rings is 1. The van der Waals surface area contributed by atoms with E-state index in [-0.39, 0.29) is 17.1 Å². The van der Waals surface area contributed by atoms with E-state index in [1.54, 1.807) is 0 Å². The summed E-state index contributed by atoms with van der Waals surface area (Å²) in [7, 11) is 1.34. The van der Waals surface area contributed by atoms with E-state index in [1.807, 2.05) is 0 Å². The van der Waals surface area contributed by atoms with E-state index in [4.69, 9.17) is 4.74 Å². The second-order valence-electron chi connectivity index (χ2n) is 5.64. The van der Waals surface area contributed by atoms with Crippen LogP contribution in [0.4, 0.5) is 16.2 Å². The summed E-state index contributed by atoms with van der Waals surface area (Å²) < 4.78 is 5.03. The van der Waals surface area contributed by atoms with E-state index in [0.29, 0.717) is 0 Å². The van der Waals surface area contributed by atoms with Crippen LogP contribution in [-0.4, -0.2) is 46.9 Å². The maximum atomic E-state index is 12.1. The fourth-order valence-corrected chi connectivity index (χ4v) is 2.20. The number of nitrogens with zero attached hydrogens (tertiary/aromatic N) is 2. The van der Waals surface area contributed by atoms with Crippen LogP contribution < -0.4 is 15.4 Å². The Hall–Kier alpha value is -3.17. The topological polar surface area (TPSA) is 131 Å². The number of methoxy groups -OCH3 is 1. The highest BCUT2D eigenvalue weighted by Crippen LogP contribution is 2.29. The van der Waals surface area contributed by atoms with Gasteiger partial charge < -0.3 is 15.4 Å². The molecule has 10 heteroatoms.